The van der Waals surface area contributed by atoms with Crippen molar-refractivity contribution in [3.05, 3.63) is 0 Å². The Morgan fingerprint density at radius 3 is 2.27 bits per heavy atom. The van der Waals surface area contributed by atoms with E-state index in [1.165, 1.54) is 32.1 Å². The van der Waals surface area contributed by atoms with E-state index < -0.39 is 0 Å². The van der Waals surface area contributed by atoms with Gasteiger partial charge in [-0.25, -0.2) is 0 Å². The van der Waals surface area contributed by atoms with Crippen LogP contribution in [0.4, 0.5) is 0 Å². The summed E-state index contributed by atoms with van der Waals surface area (Å²) in [5, 5.41) is 0. The highest BCUT2D eigenvalue weighted by Crippen LogP contribution is 2.40. The van der Waals surface area contributed by atoms with Gasteiger partial charge in [0.2, 0.25) is 0 Å². The SMILES string of the molecule is N[C@@H]1CCC[C@H]2CC[C@@H](N)[C@@H]21. The zero-order chi connectivity index (χ0) is 7.84. The van der Waals surface area contributed by atoms with Crippen LogP contribution in [0.2, 0.25) is 0 Å². The molecular weight excluding hydrogens is 136 g/mol. The summed E-state index contributed by atoms with van der Waals surface area (Å²) in [5.74, 6) is 1.53. The molecule has 2 rings (SSSR count). The quantitative estimate of drug-likeness (QED) is 0.543. The van der Waals surface area contributed by atoms with Crippen LogP contribution in [0, 0.1) is 11.8 Å². The molecule has 0 aromatic rings. The fraction of sp³-hybridized carbons (Fsp3) is 1.00. The fourth-order valence-electron chi connectivity index (χ4n) is 2.95. The minimum absolute atomic E-state index is 0.409. The molecule has 2 aliphatic carbocycles. The highest BCUT2D eigenvalue weighted by molar-refractivity contribution is 4.95. The second kappa shape index (κ2) is 2.76. The molecule has 0 aromatic heterocycles. The number of fused-ring (bicyclic) bond motifs is 1. The van der Waals surface area contributed by atoms with Gasteiger partial charge in [-0.05, 0) is 31.1 Å². The van der Waals surface area contributed by atoms with Crippen LogP contribution in [0.5, 0.6) is 0 Å². The van der Waals surface area contributed by atoms with E-state index in [0.29, 0.717) is 18.0 Å². The standard InChI is InChI=1S/C9H18N2/c10-7-3-1-2-6-4-5-8(11)9(6)7/h6-9H,1-5,10-11H2/t6-,7+,8+,9-/m0/s1. The van der Waals surface area contributed by atoms with Gasteiger partial charge in [-0.15, -0.1) is 0 Å². The highest BCUT2D eigenvalue weighted by Gasteiger charge is 2.39. The third-order valence-electron chi connectivity index (χ3n) is 3.52. The smallest absolute Gasteiger partial charge is 0.00846 e. The lowest BCUT2D eigenvalue weighted by atomic mass is 9.77. The summed E-state index contributed by atoms with van der Waals surface area (Å²) in [6.07, 6.45) is 6.46. The molecule has 0 saturated heterocycles. The molecule has 2 aliphatic rings. The number of hydrogen-bond donors (Lipinski definition) is 2. The molecule has 4 N–H and O–H groups in total. The maximum atomic E-state index is 6.03. The van der Waals surface area contributed by atoms with E-state index >= 15 is 0 Å². The van der Waals surface area contributed by atoms with E-state index in [1.807, 2.05) is 0 Å². The third-order valence-corrected chi connectivity index (χ3v) is 3.52. The minimum atomic E-state index is 0.409. The summed E-state index contributed by atoms with van der Waals surface area (Å²) >= 11 is 0. The monoisotopic (exact) mass is 154 g/mol. The van der Waals surface area contributed by atoms with Crippen molar-refractivity contribution in [3.63, 3.8) is 0 Å². The first kappa shape index (κ1) is 7.56. The molecule has 64 valence electrons. The third kappa shape index (κ3) is 1.18. The maximum absolute atomic E-state index is 6.03. The molecule has 11 heavy (non-hydrogen) atoms. The van der Waals surface area contributed by atoms with Crippen LogP contribution >= 0.6 is 0 Å². The van der Waals surface area contributed by atoms with Crippen molar-refractivity contribution < 1.29 is 0 Å². The lowest BCUT2D eigenvalue weighted by Crippen LogP contribution is -2.44. The number of hydrogen-bond acceptors (Lipinski definition) is 2. The van der Waals surface area contributed by atoms with E-state index in [-0.39, 0.29) is 0 Å². The molecule has 0 radical (unpaired) electrons. The van der Waals surface area contributed by atoms with Crippen LogP contribution in [0.25, 0.3) is 0 Å². The molecular formula is C9H18N2. The van der Waals surface area contributed by atoms with Gasteiger partial charge in [-0.3, -0.25) is 0 Å². The fourth-order valence-corrected chi connectivity index (χ4v) is 2.95. The lowest BCUT2D eigenvalue weighted by Gasteiger charge is -2.33. The Balaban J connectivity index is 2.08. The Morgan fingerprint density at radius 1 is 0.818 bits per heavy atom. The molecule has 0 aromatic carbocycles. The lowest BCUT2D eigenvalue weighted by molar-refractivity contribution is 0.224. The Hall–Kier alpha value is -0.0800. The van der Waals surface area contributed by atoms with Gasteiger partial charge in [0.15, 0.2) is 0 Å². The van der Waals surface area contributed by atoms with Crippen LogP contribution in [-0.4, -0.2) is 12.1 Å². The van der Waals surface area contributed by atoms with Crippen LogP contribution < -0.4 is 11.5 Å². The number of nitrogens with two attached hydrogens (primary N) is 2. The molecule has 0 amide bonds. The topological polar surface area (TPSA) is 52.0 Å². The zero-order valence-corrected chi connectivity index (χ0v) is 7.00. The van der Waals surface area contributed by atoms with Crippen LogP contribution in [0.15, 0.2) is 0 Å². The van der Waals surface area contributed by atoms with Crippen molar-refractivity contribution in [3.8, 4) is 0 Å². The van der Waals surface area contributed by atoms with Crippen molar-refractivity contribution in [1.82, 2.24) is 0 Å². The van der Waals surface area contributed by atoms with Gasteiger partial charge < -0.3 is 11.5 Å². The molecule has 0 aliphatic heterocycles. The molecule has 2 nitrogen and oxygen atoms in total. The Labute approximate surface area is 68.3 Å². The zero-order valence-electron chi connectivity index (χ0n) is 7.00. The minimum Gasteiger partial charge on any atom is -0.327 e. The van der Waals surface area contributed by atoms with Crippen molar-refractivity contribution in [2.45, 2.75) is 44.2 Å². The van der Waals surface area contributed by atoms with Gasteiger partial charge >= 0.3 is 0 Å². The summed E-state index contributed by atoms with van der Waals surface area (Å²) in [6.45, 7) is 0. The molecule has 2 heteroatoms. The van der Waals surface area contributed by atoms with Crippen molar-refractivity contribution >= 4 is 0 Å². The van der Waals surface area contributed by atoms with E-state index in [0.717, 1.165) is 5.92 Å². The van der Waals surface area contributed by atoms with Crippen LogP contribution in [0.1, 0.15) is 32.1 Å². The van der Waals surface area contributed by atoms with Crippen LogP contribution in [0.3, 0.4) is 0 Å². The summed E-state index contributed by atoms with van der Waals surface area (Å²) in [5.41, 5.74) is 12.0. The predicted molar refractivity (Wildman–Crippen MR) is 46.0 cm³/mol. The summed E-state index contributed by atoms with van der Waals surface area (Å²) < 4.78 is 0. The first-order valence-electron chi connectivity index (χ1n) is 4.80. The molecule has 0 heterocycles. The largest absolute Gasteiger partial charge is 0.327 e. The Morgan fingerprint density at radius 2 is 1.55 bits per heavy atom. The molecule has 2 fully saturated rings. The van der Waals surface area contributed by atoms with Crippen molar-refractivity contribution in [2.24, 2.45) is 23.3 Å². The molecule has 0 unspecified atom stereocenters. The van der Waals surface area contributed by atoms with Gasteiger partial charge in [0.25, 0.3) is 0 Å². The average Bonchev–Trinajstić information content (AvgIpc) is 2.34. The van der Waals surface area contributed by atoms with Crippen LogP contribution in [-0.2, 0) is 0 Å². The molecule has 0 bridgehead atoms. The highest BCUT2D eigenvalue weighted by atomic mass is 14.8. The Kier molecular flexibility index (Phi) is 1.90. The number of rotatable bonds is 0. The first-order valence-corrected chi connectivity index (χ1v) is 4.80. The first-order chi connectivity index (χ1) is 5.29. The summed E-state index contributed by atoms with van der Waals surface area (Å²) in [4.78, 5) is 0. The van der Waals surface area contributed by atoms with E-state index in [9.17, 15) is 0 Å². The van der Waals surface area contributed by atoms with Gasteiger partial charge in [0.1, 0.15) is 0 Å². The predicted octanol–water partition coefficient (Wildman–Crippen LogP) is 0.851. The summed E-state index contributed by atoms with van der Waals surface area (Å²) in [7, 11) is 0. The molecule has 4 atom stereocenters. The maximum Gasteiger partial charge on any atom is 0.00846 e. The van der Waals surface area contributed by atoms with Gasteiger partial charge in [0.05, 0.1) is 0 Å². The molecule has 2 saturated carbocycles. The van der Waals surface area contributed by atoms with Gasteiger partial charge in [-0.1, -0.05) is 12.8 Å². The van der Waals surface area contributed by atoms with E-state index in [2.05, 4.69) is 0 Å². The van der Waals surface area contributed by atoms with Gasteiger partial charge in [-0.2, -0.15) is 0 Å². The molecule has 0 spiro atoms. The second-order valence-corrected chi connectivity index (χ2v) is 4.17. The normalized spacial score (nSPS) is 50.7. The van der Waals surface area contributed by atoms with Gasteiger partial charge in [0, 0.05) is 12.1 Å². The second-order valence-electron chi connectivity index (χ2n) is 4.17. The summed E-state index contributed by atoms with van der Waals surface area (Å²) in [6, 6.07) is 0.821. The van der Waals surface area contributed by atoms with E-state index in [4.69, 9.17) is 11.5 Å². The average molecular weight is 154 g/mol. The van der Waals surface area contributed by atoms with E-state index in [1.54, 1.807) is 0 Å². The Bertz CT molecular complexity index is 144. The van der Waals surface area contributed by atoms with Crippen molar-refractivity contribution in [2.75, 3.05) is 0 Å². The van der Waals surface area contributed by atoms with Crippen molar-refractivity contribution in [1.29, 1.82) is 0 Å².